The van der Waals surface area contributed by atoms with Crippen LogP contribution < -0.4 is 14.8 Å². The third kappa shape index (κ3) is 4.58. The van der Waals surface area contributed by atoms with Crippen LogP contribution in [0.1, 0.15) is 30.9 Å². The number of aromatic nitrogens is 1. The van der Waals surface area contributed by atoms with Gasteiger partial charge < -0.3 is 4.74 Å². The number of hydrogen-bond acceptors (Lipinski definition) is 6. The molecule has 0 radical (unpaired) electrons. The number of ether oxygens (including phenoxy) is 1. The number of nitriles is 1. The zero-order valence-corrected chi connectivity index (χ0v) is 22.2. The molecule has 0 amide bonds. The summed E-state index contributed by atoms with van der Waals surface area (Å²) in [6.45, 7) is 3.49. The number of esters is 1. The normalized spacial score (nSPS) is 18.1. The molecule has 0 saturated carbocycles. The summed E-state index contributed by atoms with van der Waals surface area (Å²) in [4.78, 5) is 26.7. The second-order valence-corrected chi connectivity index (χ2v) is 10.9. The van der Waals surface area contributed by atoms with Gasteiger partial charge in [0.2, 0.25) is 0 Å². The second kappa shape index (κ2) is 9.82. The molecule has 6 nitrogen and oxygen atoms in total. The van der Waals surface area contributed by atoms with Gasteiger partial charge >= 0.3 is 5.97 Å². The average Bonchev–Trinajstić information content (AvgIpc) is 3.11. The molecule has 172 valence electrons. The molecule has 0 spiro atoms. The van der Waals surface area contributed by atoms with Gasteiger partial charge in [-0.3, -0.25) is 14.8 Å². The lowest BCUT2D eigenvalue weighted by Gasteiger charge is -2.29. The molecule has 0 aliphatic carbocycles. The standard InChI is InChI=1S/C25H19Br2N3O3S/c1-13(2)33-25(32)21-20(15-5-9-17(27)10-6-15)18(12-28)22(29)30-23(31)19(34-24(21)30)11-14-3-7-16(26)8-4-14/h3-11,13,18,20,29H,1-2H3/b19-11-,29-22?. The molecule has 1 aromatic heterocycles. The summed E-state index contributed by atoms with van der Waals surface area (Å²) in [7, 11) is 0. The van der Waals surface area contributed by atoms with Crippen LogP contribution in [-0.4, -0.2) is 22.5 Å². The zero-order chi connectivity index (χ0) is 24.6. The van der Waals surface area contributed by atoms with E-state index in [0.29, 0.717) is 14.8 Å². The predicted molar refractivity (Wildman–Crippen MR) is 139 cm³/mol. The van der Waals surface area contributed by atoms with Crippen molar-refractivity contribution >= 4 is 66.7 Å². The van der Waals surface area contributed by atoms with E-state index in [0.717, 1.165) is 25.8 Å². The lowest BCUT2D eigenvalue weighted by atomic mass is 9.79. The Balaban J connectivity index is 2.06. The summed E-state index contributed by atoms with van der Waals surface area (Å²) in [5, 5.41) is 18.8. The van der Waals surface area contributed by atoms with E-state index in [1.165, 1.54) is 4.57 Å². The van der Waals surface area contributed by atoms with Crippen LogP contribution in [-0.2, 0) is 9.53 Å². The van der Waals surface area contributed by atoms with Crippen LogP contribution in [0.25, 0.3) is 11.6 Å². The van der Waals surface area contributed by atoms with E-state index in [-0.39, 0.29) is 17.5 Å². The minimum Gasteiger partial charge on any atom is -0.460 e. The first kappa shape index (κ1) is 24.3. The summed E-state index contributed by atoms with van der Waals surface area (Å²) in [5.41, 5.74) is 1.28. The highest BCUT2D eigenvalue weighted by atomic mass is 79.9. The number of nitrogens with one attached hydrogen (secondary N) is 1. The van der Waals surface area contributed by atoms with Crippen molar-refractivity contribution in [3.63, 3.8) is 0 Å². The Hall–Kier alpha value is -2.80. The molecule has 0 saturated heterocycles. The van der Waals surface area contributed by atoms with Gasteiger partial charge in [-0.05, 0) is 55.3 Å². The molecule has 4 rings (SSSR count). The van der Waals surface area contributed by atoms with Gasteiger partial charge in [-0.15, -0.1) is 11.3 Å². The molecule has 2 heterocycles. The topological polar surface area (TPSA) is 95.9 Å². The smallest absolute Gasteiger partial charge is 0.337 e. The number of halogens is 2. The minimum atomic E-state index is -1.03. The molecule has 9 heteroatoms. The lowest BCUT2D eigenvalue weighted by molar-refractivity contribution is -0.140. The summed E-state index contributed by atoms with van der Waals surface area (Å²) in [6.07, 6.45) is 1.33. The first-order chi connectivity index (χ1) is 16.2. The number of benzene rings is 2. The molecule has 34 heavy (non-hydrogen) atoms. The van der Waals surface area contributed by atoms with Crippen LogP contribution in [0, 0.1) is 22.7 Å². The molecule has 3 aromatic rings. The first-order valence-electron chi connectivity index (χ1n) is 10.4. The predicted octanol–water partition coefficient (Wildman–Crippen LogP) is 4.13. The van der Waals surface area contributed by atoms with E-state index in [2.05, 4.69) is 37.9 Å². The van der Waals surface area contributed by atoms with Crippen LogP contribution in [0.5, 0.6) is 0 Å². The zero-order valence-electron chi connectivity index (χ0n) is 18.2. The molecule has 0 bridgehead atoms. The van der Waals surface area contributed by atoms with Gasteiger partial charge in [0.05, 0.1) is 22.3 Å². The maximum atomic E-state index is 13.3. The van der Waals surface area contributed by atoms with Crippen molar-refractivity contribution < 1.29 is 9.53 Å². The van der Waals surface area contributed by atoms with E-state index in [1.54, 1.807) is 19.9 Å². The number of carbonyl (C=O) groups is 1. The maximum Gasteiger partial charge on any atom is 0.337 e. The molecular weight excluding hydrogens is 582 g/mol. The van der Waals surface area contributed by atoms with Crippen molar-refractivity contribution in [3.8, 4) is 6.07 Å². The van der Waals surface area contributed by atoms with Gasteiger partial charge in [0.15, 0.2) is 0 Å². The van der Waals surface area contributed by atoms with Gasteiger partial charge in [0.25, 0.3) is 5.56 Å². The van der Waals surface area contributed by atoms with Crippen LogP contribution >= 0.6 is 43.2 Å². The first-order valence-corrected chi connectivity index (χ1v) is 12.8. The monoisotopic (exact) mass is 599 g/mol. The number of rotatable bonds is 4. The molecule has 1 aliphatic heterocycles. The summed E-state index contributed by atoms with van der Waals surface area (Å²) >= 11 is 7.93. The van der Waals surface area contributed by atoms with Crippen molar-refractivity contribution in [2.75, 3.05) is 0 Å². The Labute approximate surface area is 216 Å². The largest absolute Gasteiger partial charge is 0.460 e. The van der Waals surface area contributed by atoms with Gasteiger partial charge in [0.1, 0.15) is 16.4 Å². The SMILES string of the molecule is CC(C)OC(=O)C1=c2s/c(=C\c3ccc(Br)cc3)c(=O)n2C(=N)C(C#N)C1c1ccc(Br)cc1. The van der Waals surface area contributed by atoms with Crippen molar-refractivity contribution in [1.29, 1.82) is 10.7 Å². The Kier molecular flexibility index (Phi) is 7.03. The summed E-state index contributed by atoms with van der Waals surface area (Å²) in [6, 6.07) is 16.9. The Bertz CT molecular complexity index is 1500. The van der Waals surface area contributed by atoms with Crippen molar-refractivity contribution in [1.82, 2.24) is 4.57 Å². The number of nitrogens with zero attached hydrogens (tertiary/aromatic N) is 2. The number of hydrogen-bond donors (Lipinski definition) is 1. The van der Waals surface area contributed by atoms with E-state index >= 15 is 0 Å². The van der Waals surface area contributed by atoms with E-state index in [9.17, 15) is 14.9 Å². The van der Waals surface area contributed by atoms with E-state index in [4.69, 9.17) is 10.1 Å². The maximum absolute atomic E-state index is 13.3. The van der Waals surface area contributed by atoms with Crippen LogP contribution in [0.4, 0.5) is 0 Å². The lowest BCUT2D eigenvalue weighted by Crippen LogP contribution is -2.47. The fraction of sp³-hybridized carbons (Fsp3) is 0.200. The molecular formula is C25H19Br2N3O3S. The molecule has 2 aromatic carbocycles. The Morgan fingerprint density at radius 2 is 1.74 bits per heavy atom. The van der Waals surface area contributed by atoms with Crippen molar-refractivity contribution in [3.05, 3.63) is 88.2 Å². The van der Waals surface area contributed by atoms with Gasteiger partial charge in [0, 0.05) is 14.9 Å². The summed E-state index contributed by atoms with van der Waals surface area (Å²) < 4.78 is 9.17. The second-order valence-electron chi connectivity index (χ2n) is 8.00. The molecule has 1 aliphatic rings. The van der Waals surface area contributed by atoms with Gasteiger partial charge in [-0.2, -0.15) is 5.26 Å². The fourth-order valence-electron chi connectivity index (χ4n) is 3.85. The van der Waals surface area contributed by atoms with Crippen LogP contribution in [0.3, 0.4) is 0 Å². The van der Waals surface area contributed by atoms with Crippen LogP contribution in [0.15, 0.2) is 62.3 Å². The van der Waals surface area contributed by atoms with Crippen LogP contribution in [0.2, 0.25) is 0 Å². The average molecular weight is 601 g/mol. The third-order valence-electron chi connectivity index (χ3n) is 5.33. The van der Waals surface area contributed by atoms with E-state index in [1.807, 2.05) is 48.5 Å². The van der Waals surface area contributed by atoms with E-state index < -0.39 is 23.4 Å². The minimum absolute atomic E-state index is 0.150. The fourth-order valence-corrected chi connectivity index (χ4v) is 5.55. The quantitative estimate of drug-likeness (QED) is 0.456. The van der Waals surface area contributed by atoms with Gasteiger partial charge in [-0.25, -0.2) is 4.79 Å². The molecule has 2 unspecified atom stereocenters. The number of carbonyl (C=O) groups excluding carboxylic acids is 1. The number of thiazole rings is 1. The highest BCUT2D eigenvalue weighted by Crippen LogP contribution is 2.36. The summed E-state index contributed by atoms with van der Waals surface area (Å²) in [5.74, 6) is -2.52. The third-order valence-corrected chi connectivity index (χ3v) is 7.50. The molecule has 0 fully saturated rings. The van der Waals surface area contributed by atoms with Gasteiger partial charge in [-0.1, -0.05) is 56.1 Å². The van der Waals surface area contributed by atoms with Crippen molar-refractivity contribution in [2.45, 2.75) is 25.9 Å². The molecule has 1 N–H and O–H groups in total. The number of fused-ring (bicyclic) bond motifs is 1. The molecule has 2 atom stereocenters. The highest BCUT2D eigenvalue weighted by Gasteiger charge is 2.41. The Morgan fingerprint density at radius 3 is 2.29 bits per heavy atom. The highest BCUT2D eigenvalue weighted by molar-refractivity contribution is 9.10. The van der Waals surface area contributed by atoms with Crippen molar-refractivity contribution in [2.24, 2.45) is 5.92 Å². The Morgan fingerprint density at radius 1 is 1.15 bits per heavy atom.